The first-order valence-corrected chi connectivity index (χ1v) is 11.2. The van der Waals surface area contributed by atoms with Crippen LogP contribution in [-0.4, -0.2) is 34.9 Å². The van der Waals surface area contributed by atoms with E-state index >= 15 is 0 Å². The van der Waals surface area contributed by atoms with Gasteiger partial charge in [-0.2, -0.15) is 5.01 Å². The number of rotatable bonds is 6. The number of imide groups is 1. The highest BCUT2D eigenvalue weighted by Crippen LogP contribution is 2.35. The number of urea groups is 1. The summed E-state index contributed by atoms with van der Waals surface area (Å²) in [5, 5.41) is 8.65. The van der Waals surface area contributed by atoms with Crippen molar-refractivity contribution in [3.8, 4) is 0 Å². The zero-order chi connectivity index (χ0) is 22.0. The molecule has 1 atom stereocenters. The largest absolute Gasteiger partial charge is 0.344 e. The monoisotopic (exact) mass is 444 g/mol. The SMILES string of the molecule is CC1CCC2(CC1)NC(=O)N(NC(=O)CNC(c1ccc(F)cc1)c1cccs1)C2=O. The maximum Gasteiger partial charge on any atom is 0.344 e. The van der Waals surface area contributed by atoms with Gasteiger partial charge in [0.1, 0.15) is 11.4 Å². The third-order valence-corrected chi connectivity index (χ3v) is 6.96. The van der Waals surface area contributed by atoms with Crippen LogP contribution in [0.15, 0.2) is 41.8 Å². The van der Waals surface area contributed by atoms with Gasteiger partial charge in [-0.15, -0.1) is 11.3 Å². The van der Waals surface area contributed by atoms with Gasteiger partial charge in [0.2, 0.25) is 0 Å². The Morgan fingerprint density at radius 2 is 1.97 bits per heavy atom. The highest BCUT2D eigenvalue weighted by atomic mass is 32.1. The van der Waals surface area contributed by atoms with Crippen LogP contribution in [0.3, 0.4) is 0 Å². The van der Waals surface area contributed by atoms with Gasteiger partial charge in [-0.1, -0.05) is 25.1 Å². The first-order chi connectivity index (χ1) is 14.9. The minimum Gasteiger partial charge on any atom is -0.322 e. The molecule has 1 spiro atoms. The second-order valence-electron chi connectivity index (χ2n) is 8.25. The molecule has 9 heteroatoms. The van der Waals surface area contributed by atoms with Gasteiger partial charge in [0.25, 0.3) is 11.8 Å². The molecular weight excluding hydrogens is 419 g/mol. The molecule has 2 aromatic rings. The minimum atomic E-state index is -0.905. The quantitative estimate of drug-likeness (QED) is 0.597. The van der Waals surface area contributed by atoms with Crippen molar-refractivity contribution in [1.82, 2.24) is 21.1 Å². The molecule has 1 aromatic heterocycles. The summed E-state index contributed by atoms with van der Waals surface area (Å²) in [5.41, 5.74) is 2.34. The third-order valence-electron chi connectivity index (χ3n) is 6.02. The van der Waals surface area contributed by atoms with Crippen LogP contribution in [-0.2, 0) is 9.59 Å². The Balaban J connectivity index is 1.40. The van der Waals surface area contributed by atoms with Crippen molar-refractivity contribution in [1.29, 1.82) is 0 Å². The van der Waals surface area contributed by atoms with Crippen molar-refractivity contribution in [2.24, 2.45) is 5.92 Å². The third kappa shape index (κ3) is 4.47. The summed E-state index contributed by atoms with van der Waals surface area (Å²) in [5.74, 6) is -0.723. The van der Waals surface area contributed by atoms with Crippen LogP contribution in [0.1, 0.15) is 49.1 Å². The molecule has 4 amide bonds. The highest BCUT2D eigenvalue weighted by molar-refractivity contribution is 7.10. The maximum absolute atomic E-state index is 13.3. The molecule has 1 unspecified atom stereocenters. The van der Waals surface area contributed by atoms with Crippen molar-refractivity contribution in [3.63, 3.8) is 0 Å². The number of nitrogens with one attached hydrogen (secondary N) is 3. The number of nitrogens with zero attached hydrogens (tertiary/aromatic N) is 1. The molecule has 1 aliphatic heterocycles. The molecule has 0 bridgehead atoms. The van der Waals surface area contributed by atoms with Crippen LogP contribution in [0.2, 0.25) is 0 Å². The lowest BCUT2D eigenvalue weighted by Crippen LogP contribution is -2.52. The van der Waals surface area contributed by atoms with Crippen LogP contribution in [0, 0.1) is 11.7 Å². The van der Waals surface area contributed by atoms with E-state index in [0.29, 0.717) is 18.8 Å². The average molecular weight is 445 g/mol. The Labute approximate surface area is 184 Å². The van der Waals surface area contributed by atoms with Gasteiger partial charge in [0.15, 0.2) is 0 Å². The van der Waals surface area contributed by atoms with E-state index in [0.717, 1.165) is 28.3 Å². The normalized spacial score (nSPS) is 24.3. The summed E-state index contributed by atoms with van der Waals surface area (Å²) >= 11 is 1.51. The van der Waals surface area contributed by atoms with Gasteiger partial charge in [-0.25, -0.2) is 9.18 Å². The number of hydrogen-bond donors (Lipinski definition) is 3. The van der Waals surface area contributed by atoms with E-state index in [2.05, 4.69) is 23.0 Å². The summed E-state index contributed by atoms with van der Waals surface area (Å²) in [4.78, 5) is 38.8. The van der Waals surface area contributed by atoms with Crippen molar-refractivity contribution in [3.05, 3.63) is 58.0 Å². The molecule has 2 aliphatic rings. The number of carbonyl (C=O) groups is 3. The lowest BCUT2D eigenvalue weighted by molar-refractivity contribution is -0.139. The van der Waals surface area contributed by atoms with Gasteiger partial charge in [-0.05, 0) is 60.7 Å². The molecule has 2 fully saturated rings. The van der Waals surface area contributed by atoms with Crippen LogP contribution < -0.4 is 16.1 Å². The average Bonchev–Trinajstić information content (AvgIpc) is 3.35. The Morgan fingerprint density at radius 3 is 2.61 bits per heavy atom. The number of halogens is 1. The Morgan fingerprint density at radius 1 is 1.26 bits per heavy atom. The second-order valence-corrected chi connectivity index (χ2v) is 9.23. The van der Waals surface area contributed by atoms with E-state index in [4.69, 9.17) is 0 Å². The van der Waals surface area contributed by atoms with Crippen molar-refractivity contribution in [2.45, 2.75) is 44.2 Å². The molecule has 0 radical (unpaired) electrons. The molecular formula is C22H25FN4O3S. The standard InChI is InChI=1S/C22H25FN4O3S/c1-14-8-10-22(11-9-14)20(29)27(21(30)25-22)26-18(28)13-24-19(17-3-2-12-31-17)15-4-6-16(23)7-5-15/h2-7,12,14,19,24H,8-11,13H2,1H3,(H,25,30)(H,26,28). The molecule has 1 aromatic carbocycles. The Hall–Kier alpha value is -2.78. The molecule has 1 aliphatic carbocycles. The number of hydrazine groups is 1. The van der Waals surface area contributed by atoms with E-state index < -0.39 is 23.4 Å². The first-order valence-electron chi connectivity index (χ1n) is 10.4. The lowest BCUT2D eigenvalue weighted by atomic mass is 9.77. The summed E-state index contributed by atoms with van der Waals surface area (Å²) in [6.45, 7) is 2.01. The van der Waals surface area contributed by atoms with E-state index in [9.17, 15) is 18.8 Å². The number of carbonyl (C=O) groups excluding carboxylic acids is 3. The predicted octanol–water partition coefficient (Wildman–Crippen LogP) is 3.10. The fourth-order valence-corrected chi connectivity index (χ4v) is 5.00. The molecule has 3 N–H and O–H groups in total. The van der Waals surface area contributed by atoms with Gasteiger partial charge in [0.05, 0.1) is 12.6 Å². The maximum atomic E-state index is 13.3. The highest BCUT2D eigenvalue weighted by Gasteiger charge is 2.52. The Kier molecular flexibility index (Phi) is 6.06. The number of amides is 4. The molecule has 1 saturated heterocycles. The molecule has 31 heavy (non-hydrogen) atoms. The van der Waals surface area contributed by atoms with Crippen LogP contribution in [0.25, 0.3) is 0 Å². The molecule has 1 saturated carbocycles. The summed E-state index contributed by atoms with van der Waals surface area (Å²) < 4.78 is 13.3. The number of thiophene rings is 1. The topological polar surface area (TPSA) is 90.5 Å². The van der Waals surface area contributed by atoms with E-state index in [1.165, 1.54) is 23.5 Å². The Bertz CT molecular complexity index is 956. The summed E-state index contributed by atoms with van der Waals surface area (Å²) in [6.07, 6.45) is 2.87. The molecule has 164 valence electrons. The van der Waals surface area contributed by atoms with E-state index in [1.807, 2.05) is 17.5 Å². The van der Waals surface area contributed by atoms with Crippen LogP contribution in [0.4, 0.5) is 9.18 Å². The number of benzene rings is 1. The fourth-order valence-electron chi connectivity index (χ4n) is 4.17. The first kappa shape index (κ1) is 21.5. The van der Waals surface area contributed by atoms with Crippen LogP contribution in [0.5, 0.6) is 0 Å². The lowest BCUT2D eigenvalue weighted by Gasteiger charge is -2.33. The van der Waals surface area contributed by atoms with Crippen molar-refractivity contribution in [2.75, 3.05) is 6.54 Å². The predicted molar refractivity (Wildman–Crippen MR) is 114 cm³/mol. The fraction of sp³-hybridized carbons (Fsp3) is 0.409. The van der Waals surface area contributed by atoms with Crippen LogP contribution >= 0.6 is 11.3 Å². The summed E-state index contributed by atoms with van der Waals surface area (Å²) in [6, 6.07) is 8.98. The zero-order valence-electron chi connectivity index (χ0n) is 17.2. The molecule has 4 rings (SSSR count). The van der Waals surface area contributed by atoms with E-state index in [-0.39, 0.29) is 18.4 Å². The number of hydrogen-bond acceptors (Lipinski definition) is 5. The molecule has 2 heterocycles. The second kappa shape index (κ2) is 8.76. The zero-order valence-corrected chi connectivity index (χ0v) is 18.0. The smallest absolute Gasteiger partial charge is 0.322 e. The van der Waals surface area contributed by atoms with Gasteiger partial charge in [0, 0.05) is 4.88 Å². The van der Waals surface area contributed by atoms with Gasteiger partial charge < -0.3 is 5.32 Å². The minimum absolute atomic E-state index is 0.124. The summed E-state index contributed by atoms with van der Waals surface area (Å²) in [7, 11) is 0. The van der Waals surface area contributed by atoms with E-state index in [1.54, 1.807) is 12.1 Å². The van der Waals surface area contributed by atoms with Crippen molar-refractivity contribution >= 4 is 29.2 Å². The van der Waals surface area contributed by atoms with Gasteiger partial charge in [-0.3, -0.25) is 20.3 Å². The molecule has 7 nitrogen and oxygen atoms in total. The van der Waals surface area contributed by atoms with Crippen molar-refractivity contribution < 1.29 is 18.8 Å². The van der Waals surface area contributed by atoms with Gasteiger partial charge >= 0.3 is 6.03 Å².